The van der Waals surface area contributed by atoms with Gasteiger partial charge >= 0.3 is 5.97 Å². The summed E-state index contributed by atoms with van der Waals surface area (Å²) in [6, 6.07) is 6.74. The van der Waals surface area contributed by atoms with Gasteiger partial charge in [0.1, 0.15) is 0 Å². The quantitative estimate of drug-likeness (QED) is 0.642. The van der Waals surface area contributed by atoms with Crippen molar-refractivity contribution in [3.8, 4) is 0 Å². The van der Waals surface area contributed by atoms with Gasteiger partial charge in [0.2, 0.25) is 7.37 Å². The third-order valence-corrected chi connectivity index (χ3v) is 4.37. The first-order valence-corrected chi connectivity index (χ1v) is 6.96. The van der Waals surface area contributed by atoms with Crippen molar-refractivity contribution in [1.29, 1.82) is 0 Å². The van der Waals surface area contributed by atoms with Gasteiger partial charge in [-0.2, -0.15) is 0 Å². The summed E-state index contributed by atoms with van der Waals surface area (Å²) in [6.07, 6.45) is 1.33. The van der Waals surface area contributed by atoms with E-state index in [9.17, 15) is 14.3 Å². The average Bonchev–Trinajstić information content (AvgIpc) is 2.35. The van der Waals surface area contributed by atoms with E-state index in [0.29, 0.717) is 10.9 Å². The molecule has 0 heterocycles. The van der Waals surface area contributed by atoms with Gasteiger partial charge in [-0.25, -0.2) is 0 Å². The topological polar surface area (TPSA) is 63.6 Å². The summed E-state index contributed by atoms with van der Waals surface area (Å²) < 4.78 is 16.6. The summed E-state index contributed by atoms with van der Waals surface area (Å²) in [6.45, 7) is 3.59. The third kappa shape index (κ3) is 3.55. The van der Waals surface area contributed by atoms with E-state index in [2.05, 4.69) is 11.3 Å². The Hall–Kier alpha value is -1.38. The Balaban J connectivity index is 2.92. The molecule has 0 radical (unpaired) electrons. The van der Waals surface area contributed by atoms with Crippen LogP contribution in [0.1, 0.15) is 12.0 Å². The van der Waals surface area contributed by atoms with E-state index < -0.39 is 13.3 Å². The second-order valence-corrected chi connectivity index (χ2v) is 5.85. The maximum Gasteiger partial charge on any atom is 0.306 e. The van der Waals surface area contributed by atoms with Gasteiger partial charge in [-0.3, -0.25) is 9.36 Å². The molecular weight excluding hydrogens is 239 g/mol. The molecule has 17 heavy (non-hydrogen) atoms. The van der Waals surface area contributed by atoms with Crippen LogP contribution in [0.5, 0.6) is 0 Å². The summed E-state index contributed by atoms with van der Waals surface area (Å²) in [5.41, 5.74) is 0.614. The second-order valence-electron chi connectivity index (χ2n) is 3.51. The van der Waals surface area contributed by atoms with Crippen molar-refractivity contribution in [3.05, 3.63) is 36.4 Å². The summed E-state index contributed by atoms with van der Waals surface area (Å²) in [4.78, 5) is 20.9. The molecule has 0 aliphatic rings. The molecule has 1 aromatic carbocycles. The molecular formula is C12H15O4P. The highest BCUT2D eigenvalue weighted by molar-refractivity contribution is 7.66. The van der Waals surface area contributed by atoms with Crippen LogP contribution in [0.15, 0.2) is 30.8 Å². The van der Waals surface area contributed by atoms with Gasteiger partial charge in [-0.1, -0.05) is 30.9 Å². The lowest BCUT2D eigenvalue weighted by Gasteiger charge is -2.13. The van der Waals surface area contributed by atoms with E-state index in [1.165, 1.54) is 13.2 Å². The Kier molecular flexibility index (Phi) is 4.67. The average molecular weight is 254 g/mol. The molecule has 0 saturated heterocycles. The molecule has 0 bridgehead atoms. The Morgan fingerprint density at radius 3 is 2.76 bits per heavy atom. The van der Waals surface area contributed by atoms with Crippen molar-refractivity contribution in [1.82, 2.24) is 0 Å². The summed E-state index contributed by atoms with van der Waals surface area (Å²) in [7, 11) is -2.29. The first-order chi connectivity index (χ1) is 8.01. The molecule has 0 spiro atoms. The number of esters is 1. The fraction of sp³-hybridized carbons (Fsp3) is 0.250. The van der Waals surface area contributed by atoms with Gasteiger partial charge < -0.3 is 9.63 Å². The Bertz CT molecular complexity index is 467. The van der Waals surface area contributed by atoms with Crippen LogP contribution in [-0.4, -0.2) is 24.1 Å². The number of methoxy groups -OCH3 is 1. The van der Waals surface area contributed by atoms with Gasteiger partial charge in [0, 0.05) is 11.5 Å². The zero-order chi connectivity index (χ0) is 12.9. The SMILES string of the molecule is C=Cc1ccccc1P(=O)(O)CCC(=O)OC. The van der Waals surface area contributed by atoms with Crippen LogP contribution in [0.2, 0.25) is 0 Å². The van der Waals surface area contributed by atoms with E-state index in [1.54, 1.807) is 24.3 Å². The Labute approximate surface area is 100 Å². The van der Waals surface area contributed by atoms with Gasteiger partial charge in [0.05, 0.1) is 13.5 Å². The maximum atomic E-state index is 12.1. The van der Waals surface area contributed by atoms with Gasteiger partial charge in [0.15, 0.2) is 0 Å². The molecule has 0 saturated carbocycles. The van der Waals surface area contributed by atoms with Crippen molar-refractivity contribution in [2.45, 2.75) is 6.42 Å². The molecule has 0 aliphatic heterocycles. The molecule has 1 N–H and O–H groups in total. The normalized spacial score (nSPS) is 13.8. The molecule has 1 rings (SSSR count). The van der Waals surface area contributed by atoms with Crippen LogP contribution >= 0.6 is 7.37 Å². The second kappa shape index (κ2) is 5.80. The lowest BCUT2D eigenvalue weighted by molar-refractivity contribution is -0.140. The van der Waals surface area contributed by atoms with E-state index in [-0.39, 0.29) is 12.6 Å². The van der Waals surface area contributed by atoms with Crippen LogP contribution in [0, 0.1) is 0 Å². The molecule has 5 heteroatoms. The highest BCUT2D eigenvalue weighted by Crippen LogP contribution is 2.41. The highest BCUT2D eigenvalue weighted by Gasteiger charge is 2.24. The zero-order valence-electron chi connectivity index (χ0n) is 9.63. The van der Waals surface area contributed by atoms with E-state index in [4.69, 9.17) is 0 Å². The van der Waals surface area contributed by atoms with Crippen molar-refractivity contribution < 1.29 is 19.0 Å². The molecule has 1 unspecified atom stereocenters. The summed E-state index contributed by atoms with van der Waals surface area (Å²) >= 11 is 0. The largest absolute Gasteiger partial charge is 0.469 e. The summed E-state index contributed by atoms with van der Waals surface area (Å²) in [5.74, 6) is -0.490. The molecule has 0 amide bonds. The standard InChI is InChI=1S/C12H15O4P/c1-3-10-6-4-5-7-11(10)17(14,15)9-8-12(13)16-2/h3-7H,1,8-9H2,2H3,(H,14,15). The number of carbonyl (C=O) groups is 1. The predicted octanol–water partition coefficient (Wildman–Crippen LogP) is 1.79. The van der Waals surface area contributed by atoms with Crippen molar-refractivity contribution >= 4 is 24.7 Å². The molecule has 0 aliphatic carbocycles. The maximum absolute atomic E-state index is 12.1. The molecule has 92 valence electrons. The lowest BCUT2D eigenvalue weighted by atomic mass is 10.2. The fourth-order valence-corrected chi connectivity index (χ4v) is 3.06. The van der Waals surface area contributed by atoms with E-state index in [0.717, 1.165) is 0 Å². The van der Waals surface area contributed by atoms with Gasteiger partial charge in [-0.05, 0) is 11.6 Å². The van der Waals surface area contributed by atoms with Crippen molar-refractivity contribution in [2.24, 2.45) is 0 Å². The van der Waals surface area contributed by atoms with Crippen LogP contribution in [0.25, 0.3) is 6.08 Å². The van der Waals surface area contributed by atoms with E-state index in [1.807, 2.05) is 0 Å². The molecule has 1 aromatic rings. The van der Waals surface area contributed by atoms with Crippen LogP contribution in [0.3, 0.4) is 0 Å². The summed E-state index contributed by atoms with van der Waals surface area (Å²) in [5, 5.41) is 0.332. The zero-order valence-corrected chi connectivity index (χ0v) is 10.5. The molecule has 0 aromatic heterocycles. The lowest BCUT2D eigenvalue weighted by Crippen LogP contribution is -2.13. The monoisotopic (exact) mass is 254 g/mol. The number of carbonyl (C=O) groups excluding carboxylic acids is 1. The smallest absolute Gasteiger partial charge is 0.306 e. The van der Waals surface area contributed by atoms with Crippen LogP contribution in [-0.2, 0) is 14.1 Å². The van der Waals surface area contributed by atoms with Gasteiger partial charge in [-0.15, -0.1) is 0 Å². The highest BCUT2D eigenvalue weighted by atomic mass is 31.2. The van der Waals surface area contributed by atoms with Crippen molar-refractivity contribution in [3.63, 3.8) is 0 Å². The molecule has 0 fully saturated rings. The van der Waals surface area contributed by atoms with Crippen LogP contribution in [0.4, 0.5) is 0 Å². The number of benzene rings is 1. The van der Waals surface area contributed by atoms with Gasteiger partial charge in [0.25, 0.3) is 0 Å². The van der Waals surface area contributed by atoms with Crippen LogP contribution < -0.4 is 5.30 Å². The fourth-order valence-electron chi connectivity index (χ4n) is 1.44. The number of ether oxygens (including phenoxy) is 1. The minimum atomic E-state index is -3.54. The Morgan fingerprint density at radius 2 is 2.18 bits per heavy atom. The first kappa shape index (κ1) is 13.7. The number of hydrogen-bond donors (Lipinski definition) is 1. The number of hydrogen-bond acceptors (Lipinski definition) is 3. The minimum absolute atomic E-state index is 0.0737. The Morgan fingerprint density at radius 1 is 1.53 bits per heavy atom. The first-order valence-electron chi connectivity index (χ1n) is 5.12. The minimum Gasteiger partial charge on any atom is -0.469 e. The van der Waals surface area contributed by atoms with E-state index >= 15 is 0 Å². The molecule has 4 nitrogen and oxygen atoms in total. The van der Waals surface area contributed by atoms with Crippen molar-refractivity contribution in [2.75, 3.05) is 13.3 Å². The molecule has 1 atom stereocenters. The third-order valence-electron chi connectivity index (χ3n) is 2.38. The number of rotatable bonds is 5. The predicted molar refractivity (Wildman–Crippen MR) is 67.5 cm³/mol.